The van der Waals surface area contributed by atoms with Crippen LogP contribution in [0.5, 0.6) is 0 Å². The molecule has 1 amide bonds. The van der Waals surface area contributed by atoms with Crippen molar-refractivity contribution in [3.05, 3.63) is 93.6 Å². The zero-order valence-electron chi connectivity index (χ0n) is 16.4. The van der Waals surface area contributed by atoms with Gasteiger partial charge in [0.25, 0.3) is 0 Å². The number of nitrogens with one attached hydrogen (secondary N) is 2. The Morgan fingerprint density at radius 2 is 1.87 bits per heavy atom. The molecule has 7 heteroatoms. The Morgan fingerprint density at radius 3 is 2.57 bits per heavy atom. The van der Waals surface area contributed by atoms with Gasteiger partial charge in [-0.3, -0.25) is 14.8 Å². The summed E-state index contributed by atoms with van der Waals surface area (Å²) in [6.07, 6.45) is 0. The van der Waals surface area contributed by atoms with E-state index < -0.39 is 0 Å². The van der Waals surface area contributed by atoms with Crippen LogP contribution in [0.2, 0.25) is 5.02 Å². The second kappa shape index (κ2) is 9.26. The Labute approximate surface area is 184 Å². The highest BCUT2D eigenvalue weighted by molar-refractivity contribution is 7.10. The van der Waals surface area contributed by atoms with Crippen molar-refractivity contribution in [3.63, 3.8) is 0 Å². The van der Waals surface area contributed by atoms with Crippen LogP contribution in [0, 0.1) is 0 Å². The Balaban J connectivity index is 1.43. The molecule has 0 saturated heterocycles. The van der Waals surface area contributed by atoms with Crippen molar-refractivity contribution >= 4 is 34.7 Å². The molecular weight excluding hydrogens is 416 g/mol. The number of amides is 1. The van der Waals surface area contributed by atoms with Crippen molar-refractivity contribution in [1.29, 1.82) is 0 Å². The van der Waals surface area contributed by atoms with Crippen molar-refractivity contribution < 1.29 is 4.79 Å². The average molecular weight is 437 g/mol. The standard InChI is InChI=1S/C23H21ClN4OS/c1-28-21(14-19(27-28)16-9-11-18(24)12-10-16)26-22(29)15-25-23(20-8-5-13-30-20)17-6-3-2-4-7-17/h2-14,23,25H,15H2,1H3,(H,26,29). The molecule has 30 heavy (non-hydrogen) atoms. The molecular formula is C23H21ClN4OS. The maximum atomic E-state index is 12.6. The third-order valence-electron chi connectivity index (χ3n) is 4.71. The maximum Gasteiger partial charge on any atom is 0.239 e. The van der Waals surface area contributed by atoms with E-state index in [0.717, 1.165) is 16.8 Å². The molecule has 2 heterocycles. The summed E-state index contributed by atoms with van der Waals surface area (Å²) in [4.78, 5) is 13.8. The van der Waals surface area contributed by atoms with E-state index in [1.807, 2.05) is 60.0 Å². The number of carbonyl (C=O) groups excluding carboxylic acids is 1. The summed E-state index contributed by atoms with van der Waals surface area (Å²) in [5.41, 5.74) is 2.84. The van der Waals surface area contributed by atoms with Gasteiger partial charge in [0.1, 0.15) is 5.82 Å². The summed E-state index contributed by atoms with van der Waals surface area (Å²) < 4.78 is 1.66. The summed E-state index contributed by atoms with van der Waals surface area (Å²) in [5, 5.41) is 13.5. The molecule has 152 valence electrons. The van der Waals surface area contributed by atoms with Gasteiger partial charge in [-0.25, -0.2) is 0 Å². The molecule has 0 aliphatic rings. The normalized spacial score (nSPS) is 11.9. The number of thiophene rings is 1. The minimum atomic E-state index is -0.127. The molecule has 5 nitrogen and oxygen atoms in total. The van der Waals surface area contributed by atoms with Gasteiger partial charge in [0, 0.05) is 28.6 Å². The number of nitrogens with zero attached hydrogens (tertiary/aromatic N) is 2. The Hall–Kier alpha value is -2.93. The molecule has 0 aliphatic heterocycles. The topological polar surface area (TPSA) is 59.0 Å². The van der Waals surface area contributed by atoms with Crippen LogP contribution in [-0.2, 0) is 11.8 Å². The first-order chi connectivity index (χ1) is 14.6. The second-order valence-corrected chi connectivity index (χ2v) is 8.25. The van der Waals surface area contributed by atoms with Gasteiger partial charge in [0.15, 0.2) is 0 Å². The number of aryl methyl sites for hydroxylation is 1. The molecule has 0 spiro atoms. The third kappa shape index (κ3) is 4.79. The van der Waals surface area contributed by atoms with E-state index in [0.29, 0.717) is 10.8 Å². The number of benzene rings is 2. The fraction of sp³-hybridized carbons (Fsp3) is 0.130. The number of carbonyl (C=O) groups is 1. The van der Waals surface area contributed by atoms with E-state index in [2.05, 4.69) is 33.9 Å². The van der Waals surface area contributed by atoms with Gasteiger partial charge in [0.2, 0.25) is 5.91 Å². The van der Waals surface area contributed by atoms with Crippen LogP contribution in [0.1, 0.15) is 16.5 Å². The van der Waals surface area contributed by atoms with Gasteiger partial charge in [-0.2, -0.15) is 5.10 Å². The first kappa shape index (κ1) is 20.3. The number of aromatic nitrogens is 2. The zero-order valence-corrected chi connectivity index (χ0v) is 18.0. The minimum Gasteiger partial charge on any atom is -0.310 e. The van der Waals surface area contributed by atoms with Crippen molar-refractivity contribution in [2.24, 2.45) is 7.05 Å². The van der Waals surface area contributed by atoms with Crippen LogP contribution in [0.25, 0.3) is 11.3 Å². The van der Waals surface area contributed by atoms with Gasteiger partial charge in [0.05, 0.1) is 18.3 Å². The van der Waals surface area contributed by atoms with Crippen molar-refractivity contribution in [2.45, 2.75) is 6.04 Å². The predicted octanol–water partition coefficient (Wildman–Crippen LogP) is 5.12. The van der Waals surface area contributed by atoms with E-state index in [-0.39, 0.29) is 18.5 Å². The van der Waals surface area contributed by atoms with Crippen LogP contribution >= 0.6 is 22.9 Å². The van der Waals surface area contributed by atoms with Crippen LogP contribution in [0.3, 0.4) is 0 Å². The third-order valence-corrected chi connectivity index (χ3v) is 5.90. The maximum absolute atomic E-state index is 12.6. The molecule has 2 N–H and O–H groups in total. The molecule has 4 rings (SSSR count). The van der Waals surface area contributed by atoms with E-state index in [1.165, 1.54) is 4.88 Å². The van der Waals surface area contributed by atoms with Crippen molar-refractivity contribution in [1.82, 2.24) is 15.1 Å². The van der Waals surface area contributed by atoms with Crippen LogP contribution in [0.4, 0.5) is 5.82 Å². The van der Waals surface area contributed by atoms with Gasteiger partial charge in [-0.1, -0.05) is 60.1 Å². The van der Waals surface area contributed by atoms with Crippen molar-refractivity contribution in [3.8, 4) is 11.3 Å². The molecule has 0 bridgehead atoms. The average Bonchev–Trinajstić information content (AvgIpc) is 3.40. The van der Waals surface area contributed by atoms with Crippen LogP contribution in [0.15, 0.2) is 78.2 Å². The van der Waals surface area contributed by atoms with E-state index in [9.17, 15) is 4.79 Å². The summed E-state index contributed by atoms with van der Waals surface area (Å²) >= 11 is 7.63. The lowest BCUT2D eigenvalue weighted by molar-refractivity contribution is -0.115. The summed E-state index contributed by atoms with van der Waals surface area (Å²) in [6, 6.07) is 23.5. The predicted molar refractivity (Wildman–Crippen MR) is 123 cm³/mol. The number of anilines is 1. The summed E-state index contributed by atoms with van der Waals surface area (Å²) in [7, 11) is 1.81. The summed E-state index contributed by atoms with van der Waals surface area (Å²) in [5.74, 6) is 0.511. The molecule has 4 aromatic rings. The van der Waals surface area contributed by atoms with Gasteiger partial charge in [-0.05, 0) is 29.1 Å². The molecule has 1 unspecified atom stereocenters. The highest BCUT2D eigenvalue weighted by Crippen LogP contribution is 2.26. The first-order valence-electron chi connectivity index (χ1n) is 9.52. The summed E-state index contributed by atoms with van der Waals surface area (Å²) in [6.45, 7) is 0.179. The monoisotopic (exact) mass is 436 g/mol. The van der Waals surface area contributed by atoms with E-state index in [4.69, 9.17) is 11.6 Å². The highest BCUT2D eigenvalue weighted by atomic mass is 35.5. The molecule has 0 saturated carbocycles. The van der Waals surface area contributed by atoms with E-state index in [1.54, 1.807) is 23.1 Å². The fourth-order valence-corrected chi connectivity index (χ4v) is 4.16. The van der Waals surface area contributed by atoms with Crippen LogP contribution < -0.4 is 10.6 Å². The quantitative estimate of drug-likeness (QED) is 0.422. The second-order valence-electron chi connectivity index (χ2n) is 6.83. The Morgan fingerprint density at radius 1 is 1.10 bits per heavy atom. The van der Waals surface area contributed by atoms with Gasteiger partial charge in [-0.15, -0.1) is 11.3 Å². The highest BCUT2D eigenvalue weighted by Gasteiger charge is 2.17. The molecule has 0 radical (unpaired) electrons. The molecule has 2 aromatic carbocycles. The Bertz CT molecular complexity index is 1110. The smallest absolute Gasteiger partial charge is 0.239 e. The van der Waals surface area contributed by atoms with Crippen LogP contribution in [-0.4, -0.2) is 22.2 Å². The van der Waals surface area contributed by atoms with Gasteiger partial charge < -0.3 is 5.32 Å². The van der Waals surface area contributed by atoms with Crippen molar-refractivity contribution in [2.75, 3.05) is 11.9 Å². The number of hydrogen-bond acceptors (Lipinski definition) is 4. The minimum absolute atomic E-state index is 0.0342. The lowest BCUT2D eigenvalue weighted by Crippen LogP contribution is -2.32. The molecule has 0 fully saturated rings. The Kier molecular flexibility index (Phi) is 6.28. The zero-order chi connectivity index (χ0) is 20.9. The number of rotatable bonds is 7. The molecule has 2 aromatic heterocycles. The molecule has 1 atom stereocenters. The molecule has 0 aliphatic carbocycles. The fourth-order valence-electron chi connectivity index (χ4n) is 3.21. The largest absolute Gasteiger partial charge is 0.310 e. The van der Waals surface area contributed by atoms with Gasteiger partial charge >= 0.3 is 0 Å². The van der Waals surface area contributed by atoms with E-state index >= 15 is 0 Å². The lowest BCUT2D eigenvalue weighted by Gasteiger charge is -2.18. The lowest BCUT2D eigenvalue weighted by atomic mass is 10.1. The first-order valence-corrected chi connectivity index (χ1v) is 10.8. The number of hydrogen-bond donors (Lipinski definition) is 2. The SMILES string of the molecule is Cn1nc(-c2ccc(Cl)cc2)cc1NC(=O)CNC(c1ccccc1)c1cccs1. The number of halogens is 1.